The minimum atomic E-state index is -0.329. The summed E-state index contributed by atoms with van der Waals surface area (Å²) in [5.41, 5.74) is 17.1. The van der Waals surface area contributed by atoms with Crippen molar-refractivity contribution >= 4 is 82.5 Å². The molecule has 0 saturated heterocycles. The molecule has 1 aliphatic rings. The molecule has 66 heavy (non-hydrogen) atoms. The number of anilines is 5. The minimum Gasteiger partial charge on any atom is -0.333 e. The van der Waals surface area contributed by atoms with Crippen LogP contribution in [0.3, 0.4) is 0 Å². The van der Waals surface area contributed by atoms with Crippen LogP contribution in [0.2, 0.25) is 0 Å². The molecule has 6 aromatic carbocycles. The van der Waals surface area contributed by atoms with E-state index in [2.05, 4.69) is 265 Å². The Hall–Kier alpha value is -4.80. The van der Waals surface area contributed by atoms with Gasteiger partial charge in [-0.15, -0.1) is 0 Å². The van der Waals surface area contributed by atoms with Crippen molar-refractivity contribution in [2.45, 2.75) is 170 Å². The average molecular weight is 941 g/mol. The fourth-order valence-electron chi connectivity index (χ4n) is 10.6. The van der Waals surface area contributed by atoms with Gasteiger partial charge in [-0.1, -0.05) is 166 Å². The first-order valence-electron chi connectivity index (χ1n) is 24.3. The van der Waals surface area contributed by atoms with Crippen molar-refractivity contribution in [3.63, 3.8) is 0 Å². The van der Waals surface area contributed by atoms with E-state index in [1.807, 2.05) is 0 Å². The van der Waals surface area contributed by atoms with Crippen LogP contribution in [0.1, 0.15) is 165 Å². The molecule has 0 radical (unpaired) electrons. The van der Waals surface area contributed by atoms with Gasteiger partial charge >= 0.3 is 0 Å². The molecule has 0 fully saturated rings. The summed E-state index contributed by atoms with van der Waals surface area (Å²) in [7, 11) is 0. The highest BCUT2D eigenvalue weighted by atomic mass is 79.9. The number of halogens is 1. The SMILES string of the molecule is CC(C)(C)c1ccc(N(c2ccc(C(C)(C)C)cc2)c2c(Br)c(N3c4ccc(C(C)(C)C)cc4C(C)(C)C3(C)C)c3c4cc(C(C)(C)C)ccc4n4c5ccc(C(C)(C)C)cc5c2c34)cc1. The van der Waals surface area contributed by atoms with Crippen LogP contribution in [0.25, 0.3) is 38.1 Å². The summed E-state index contributed by atoms with van der Waals surface area (Å²) in [6.45, 7) is 44.7. The van der Waals surface area contributed by atoms with Gasteiger partial charge in [-0.3, -0.25) is 0 Å². The lowest BCUT2D eigenvalue weighted by Crippen LogP contribution is -2.48. The smallest absolute Gasteiger partial charge is 0.0725 e. The van der Waals surface area contributed by atoms with Crippen molar-refractivity contribution in [3.05, 3.63) is 141 Å². The molecule has 0 unspecified atom stereocenters. The largest absolute Gasteiger partial charge is 0.333 e. The summed E-state index contributed by atoms with van der Waals surface area (Å²) in [5, 5.41) is 5.10. The van der Waals surface area contributed by atoms with E-state index >= 15 is 0 Å². The first-order chi connectivity index (χ1) is 30.3. The first kappa shape index (κ1) is 46.3. The Morgan fingerprint density at radius 2 is 0.833 bits per heavy atom. The van der Waals surface area contributed by atoms with Crippen LogP contribution in [0, 0.1) is 0 Å². The molecule has 3 heterocycles. The molecule has 0 spiro atoms. The van der Waals surface area contributed by atoms with Crippen LogP contribution in [-0.4, -0.2) is 9.94 Å². The average Bonchev–Trinajstić information content (AvgIpc) is 3.77. The molecular formula is C62H74BrN3. The molecule has 344 valence electrons. The first-order valence-corrected chi connectivity index (χ1v) is 25.1. The third kappa shape index (κ3) is 7.00. The van der Waals surface area contributed by atoms with Gasteiger partial charge in [0.1, 0.15) is 0 Å². The number of hydrogen-bond acceptors (Lipinski definition) is 2. The maximum absolute atomic E-state index is 4.65. The van der Waals surface area contributed by atoms with Crippen molar-refractivity contribution in [2.75, 3.05) is 9.80 Å². The lowest BCUT2D eigenvalue weighted by molar-refractivity contribution is 0.330. The number of benzene rings is 6. The van der Waals surface area contributed by atoms with Crippen LogP contribution < -0.4 is 9.80 Å². The second kappa shape index (κ2) is 14.6. The monoisotopic (exact) mass is 940 g/mol. The molecule has 0 saturated carbocycles. The van der Waals surface area contributed by atoms with Crippen LogP contribution in [0.5, 0.6) is 0 Å². The Morgan fingerprint density at radius 1 is 0.455 bits per heavy atom. The van der Waals surface area contributed by atoms with Gasteiger partial charge in [-0.05, 0) is 145 Å². The quantitative estimate of drug-likeness (QED) is 0.174. The molecule has 0 amide bonds. The topological polar surface area (TPSA) is 10.9 Å². The highest BCUT2D eigenvalue weighted by molar-refractivity contribution is 9.10. The molecule has 0 aliphatic carbocycles. The van der Waals surface area contributed by atoms with Crippen molar-refractivity contribution < 1.29 is 0 Å². The summed E-state index contributed by atoms with van der Waals surface area (Å²) in [6.07, 6.45) is 0. The van der Waals surface area contributed by atoms with Crippen molar-refractivity contribution in [1.29, 1.82) is 0 Å². The number of aromatic nitrogens is 1. The molecule has 8 aromatic rings. The van der Waals surface area contributed by atoms with Gasteiger partial charge in [-0.25, -0.2) is 0 Å². The Kier molecular flexibility index (Phi) is 10.2. The maximum Gasteiger partial charge on any atom is 0.0725 e. The predicted molar refractivity (Wildman–Crippen MR) is 293 cm³/mol. The van der Waals surface area contributed by atoms with Crippen LogP contribution in [0.4, 0.5) is 28.4 Å². The van der Waals surface area contributed by atoms with Gasteiger partial charge in [-0.2, -0.15) is 0 Å². The number of nitrogens with zero attached hydrogens (tertiary/aromatic N) is 3. The third-order valence-electron chi connectivity index (χ3n) is 15.6. The normalized spacial score (nSPS) is 15.8. The third-order valence-corrected chi connectivity index (χ3v) is 16.4. The Balaban J connectivity index is 1.54. The summed E-state index contributed by atoms with van der Waals surface area (Å²) >= 11 is 4.65. The fourth-order valence-corrected chi connectivity index (χ4v) is 11.4. The zero-order chi connectivity index (χ0) is 48.2. The summed E-state index contributed by atoms with van der Waals surface area (Å²) in [6, 6.07) is 40.6. The molecule has 2 aromatic heterocycles. The summed E-state index contributed by atoms with van der Waals surface area (Å²) in [4.78, 5) is 5.28. The van der Waals surface area contributed by atoms with Crippen molar-refractivity contribution in [2.24, 2.45) is 0 Å². The second-order valence-electron chi connectivity index (χ2n) is 25.8. The van der Waals surface area contributed by atoms with Crippen molar-refractivity contribution in [3.8, 4) is 0 Å². The second-order valence-corrected chi connectivity index (χ2v) is 26.6. The van der Waals surface area contributed by atoms with Gasteiger partial charge in [0.05, 0.1) is 32.4 Å². The van der Waals surface area contributed by atoms with Crippen LogP contribution >= 0.6 is 15.9 Å². The van der Waals surface area contributed by atoms with Crippen LogP contribution in [-0.2, 0) is 32.5 Å². The zero-order valence-electron chi connectivity index (χ0n) is 43.5. The van der Waals surface area contributed by atoms with E-state index < -0.39 is 0 Å². The number of hydrogen-bond donors (Lipinski definition) is 0. The summed E-state index contributed by atoms with van der Waals surface area (Å²) in [5.74, 6) is 0. The van der Waals surface area contributed by atoms with Gasteiger partial charge in [0.15, 0.2) is 0 Å². The van der Waals surface area contributed by atoms with E-state index in [4.69, 9.17) is 0 Å². The molecule has 0 N–H and O–H groups in total. The highest BCUT2D eigenvalue weighted by Gasteiger charge is 2.53. The number of rotatable bonds is 4. The maximum atomic E-state index is 4.65. The van der Waals surface area contributed by atoms with E-state index in [1.165, 1.54) is 82.9 Å². The molecule has 3 nitrogen and oxygen atoms in total. The van der Waals surface area contributed by atoms with Crippen molar-refractivity contribution in [1.82, 2.24) is 4.40 Å². The fraction of sp³-hybridized carbons (Fsp3) is 0.419. The van der Waals surface area contributed by atoms with Gasteiger partial charge in [0.2, 0.25) is 0 Å². The van der Waals surface area contributed by atoms with E-state index in [1.54, 1.807) is 0 Å². The molecule has 0 bridgehead atoms. The van der Waals surface area contributed by atoms with Gasteiger partial charge in [0, 0.05) is 49.6 Å². The molecule has 0 atom stereocenters. The van der Waals surface area contributed by atoms with Gasteiger partial charge < -0.3 is 14.2 Å². The Bertz CT molecular complexity index is 3140. The number of fused-ring (bicyclic) bond motifs is 7. The highest BCUT2D eigenvalue weighted by Crippen LogP contribution is 2.62. The summed E-state index contributed by atoms with van der Waals surface area (Å²) < 4.78 is 3.70. The predicted octanol–water partition coefficient (Wildman–Crippen LogP) is 18.8. The Labute approximate surface area is 405 Å². The standard InChI is InChI=1S/C62H74BrN3/c1-56(2,3)37-20-27-42(28-21-37)64(43-29-22-38(23-30-43)57(4,5)6)54-50-44-34-39(58(7,8)9)24-31-47(44)65-48-32-25-40(59(10,11)12)35-45(48)51(53(50)65)55(52(54)63)66-49-33-26-41(60(13,14)15)36-46(49)61(16,17)62(66,18)19/h20-36H,1-19H3. The minimum absolute atomic E-state index is 0.0159. The lowest BCUT2D eigenvalue weighted by Gasteiger charge is -2.44. The Morgan fingerprint density at radius 3 is 1.26 bits per heavy atom. The van der Waals surface area contributed by atoms with E-state index in [-0.39, 0.29) is 38.0 Å². The zero-order valence-corrected chi connectivity index (χ0v) is 45.1. The van der Waals surface area contributed by atoms with Gasteiger partial charge in [0.25, 0.3) is 0 Å². The molecule has 9 rings (SSSR count). The van der Waals surface area contributed by atoms with E-state index in [0.29, 0.717) is 0 Å². The molecule has 1 aliphatic heterocycles. The van der Waals surface area contributed by atoms with E-state index in [0.717, 1.165) is 21.5 Å². The van der Waals surface area contributed by atoms with Crippen LogP contribution in [0.15, 0.2) is 108 Å². The molecular weight excluding hydrogens is 867 g/mol. The molecule has 4 heteroatoms. The van der Waals surface area contributed by atoms with E-state index in [9.17, 15) is 0 Å². The lowest BCUT2D eigenvalue weighted by atomic mass is 9.71.